The lowest BCUT2D eigenvalue weighted by atomic mass is 10.0. The molecule has 0 heterocycles. The second-order valence-corrected chi connectivity index (χ2v) is 8.13. The van der Waals surface area contributed by atoms with Gasteiger partial charge in [0.2, 0.25) is 0 Å². The Morgan fingerprint density at radius 1 is 0.632 bits per heavy atom. The van der Waals surface area contributed by atoms with Crippen molar-refractivity contribution >= 4 is 5.83 Å². The molecule has 4 rings (SSSR count). The molecule has 0 saturated carbocycles. The molecule has 196 valence electrons. The van der Waals surface area contributed by atoms with Gasteiger partial charge in [0.05, 0.1) is 5.56 Å². The highest BCUT2D eigenvalue weighted by molar-refractivity contribution is 5.69. The smallest absolute Gasteiger partial charge is 0.429 e. The fourth-order valence-electron chi connectivity index (χ4n) is 3.65. The molecule has 0 aliphatic heterocycles. The summed E-state index contributed by atoms with van der Waals surface area (Å²) >= 11 is 0. The second-order valence-electron chi connectivity index (χ2n) is 8.13. The van der Waals surface area contributed by atoms with E-state index in [0.717, 1.165) is 37.3 Å². The molecule has 1 nitrogen and oxygen atoms in total. The number of alkyl halides is 2. The maximum Gasteiger partial charge on any atom is 0.429 e. The van der Waals surface area contributed by atoms with E-state index in [9.17, 15) is 39.5 Å². The summed E-state index contributed by atoms with van der Waals surface area (Å²) in [6.45, 7) is 0.941. The maximum absolute atomic E-state index is 14.8. The molecule has 4 aromatic rings. The van der Waals surface area contributed by atoms with Crippen molar-refractivity contribution in [3.05, 3.63) is 119 Å². The van der Waals surface area contributed by atoms with Crippen LogP contribution in [0.1, 0.15) is 18.1 Å². The molecule has 0 saturated heterocycles. The minimum atomic E-state index is -4.26. The van der Waals surface area contributed by atoms with Crippen LogP contribution in [0.2, 0.25) is 0 Å². The quantitative estimate of drug-likeness (QED) is 0.176. The van der Waals surface area contributed by atoms with Crippen LogP contribution in [0.5, 0.6) is 5.75 Å². The Bertz CT molecular complexity index is 1520. The van der Waals surface area contributed by atoms with Gasteiger partial charge in [-0.3, -0.25) is 0 Å². The minimum absolute atomic E-state index is 0.0567. The van der Waals surface area contributed by atoms with Gasteiger partial charge in [-0.1, -0.05) is 30.3 Å². The average molecular weight is 538 g/mol. The van der Waals surface area contributed by atoms with Gasteiger partial charge in [-0.15, -0.1) is 0 Å². The molecule has 38 heavy (non-hydrogen) atoms. The van der Waals surface area contributed by atoms with E-state index in [2.05, 4.69) is 4.74 Å². The number of halogens is 9. The van der Waals surface area contributed by atoms with Gasteiger partial charge in [-0.25, -0.2) is 30.7 Å². The molecule has 0 fully saturated rings. The van der Waals surface area contributed by atoms with E-state index >= 15 is 0 Å². The summed E-state index contributed by atoms with van der Waals surface area (Å²) in [6.07, 6.45) is -4.26. The first-order chi connectivity index (χ1) is 17.9. The van der Waals surface area contributed by atoms with Gasteiger partial charge in [-0.2, -0.15) is 8.78 Å². The Balaban J connectivity index is 1.57. The Kier molecular flexibility index (Phi) is 7.26. The van der Waals surface area contributed by atoms with Crippen LogP contribution in [-0.4, -0.2) is 0 Å². The summed E-state index contributed by atoms with van der Waals surface area (Å²) in [5.74, 6) is -10.3. The van der Waals surface area contributed by atoms with Crippen molar-refractivity contribution in [3.63, 3.8) is 0 Å². The van der Waals surface area contributed by atoms with E-state index in [-0.39, 0.29) is 16.7 Å². The SMILES string of the molecule is CC(F)=C(F)c1ccc(-c2ccc(C(F)(F)Oc3ccc(-c4cc(F)c(F)c(F)c4)c(F)c3)c(F)c2)cc1. The van der Waals surface area contributed by atoms with Gasteiger partial charge in [-0.05, 0) is 60.0 Å². The summed E-state index contributed by atoms with van der Waals surface area (Å²) in [5, 5.41) is 0. The molecule has 0 atom stereocenters. The lowest BCUT2D eigenvalue weighted by Gasteiger charge is -2.20. The van der Waals surface area contributed by atoms with Crippen LogP contribution < -0.4 is 4.74 Å². The van der Waals surface area contributed by atoms with Crippen molar-refractivity contribution in [1.29, 1.82) is 0 Å². The van der Waals surface area contributed by atoms with Crippen molar-refractivity contribution in [1.82, 2.24) is 0 Å². The van der Waals surface area contributed by atoms with E-state index < -0.39 is 63.7 Å². The van der Waals surface area contributed by atoms with Crippen molar-refractivity contribution < 1.29 is 44.3 Å². The summed E-state index contributed by atoms with van der Waals surface area (Å²) in [4.78, 5) is 0. The van der Waals surface area contributed by atoms with Crippen LogP contribution in [0.15, 0.2) is 78.6 Å². The van der Waals surface area contributed by atoms with Crippen molar-refractivity contribution in [2.45, 2.75) is 13.0 Å². The van der Waals surface area contributed by atoms with Crippen LogP contribution in [0.4, 0.5) is 39.5 Å². The highest BCUT2D eigenvalue weighted by Gasteiger charge is 2.38. The predicted molar refractivity (Wildman–Crippen MR) is 123 cm³/mol. The highest BCUT2D eigenvalue weighted by atomic mass is 19.3. The van der Waals surface area contributed by atoms with Gasteiger partial charge < -0.3 is 4.74 Å². The van der Waals surface area contributed by atoms with E-state index in [1.165, 1.54) is 24.3 Å². The van der Waals surface area contributed by atoms with E-state index in [1.807, 2.05) is 0 Å². The molecule has 0 N–H and O–H groups in total. The Morgan fingerprint density at radius 2 is 1.21 bits per heavy atom. The lowest BCUT2D eigenvalue weighted by Crippen LogP contribution is -2.23. The Morgan fingerprint density at radius 3 is 1.76 bits per heavy atom. The number of rotatable bonds is 6. The summed E-state index contributed by atoms with van der Waals surface area (Å²) < 4.78 is 130. The molecular formula is C28H15F9O. The molecule has 0 aliphatic rings. The number of hydrogen-bond donors (Lipinski definition) is 0. The van der Waals surface area contributed by atoms with Crippen LogP contribution in [0, 0.1) is 29.1 Å². The monoisotopic (exact) mass is 538 g/mol. The molecule has 0 unspecified atom stereocenters. The summed E-state index contributed by atoms with van der Waals surface area (Å²) in [6, 6.07) is 11.2. The lowest BCUT2D eigenvalue weighted by molar-refractivity contribution is -0.187. The second kappa shape index (κ2) is 10.3. The third kappa shape index (κ3) is 5.39. The minimum Gasteiger partial charge on any atom is -0.429 e. The maximum atomic E-state index is 14.8. The van der Waals surface area contributed by atoms with Crippen LogP contribution in [0.3, 0.4) is 0 Å². The number of hydrogen-bond acceptors (Lipinski definition) is 1. The first-order valence-electron chi connectivity index (χ1n) is 10.8. The fourth-order valence-corrected chi connectivity index (χ4v) is 3.65. The molecule has 4 aromatic carbocycles. The van der Waals surface area contributed by atoms with Crippen molar-refractivity contribution in [3.8, 4) is 28.0 Å². The van der Waals surface area contributed by atoms with E-state index in [4.69, 9.17) is 0 Å². The van der Waals surface area contributed by atoms with Gasteiger partial charge in [0.1, 0.15) is 23.2 Å². The molecule has 10 heteroatoms. The number of allylic oxidation sites excluding steroid dienone is 1. The standard InChI is InChI=1S/C28H15F9O/c1-14(29)26(34)16-4-2-15(3-5-16)17-6-9-21(23(31)10-17)28(36,37)38-19-7-8-20(22(30)13-19)18-11-24(32)27(35)25(33)12-18/h2-13H,1H3. The van der Waals surface area contributed by atoms with Crippen LogP contribution in [0.25, 0.3) is 28.1 Å². The first kappa shape index (κ1) is 26.8. The summed E-state index contributed by atoms with van der Waals surface area (Å²) in [7, 11) is 0. The number of ether oxygens (including phenoxy) is 1. The summed E-state index contributed by atoms with van der Waals surface area (Å²) in [5.41, 5.74) is -1.54. The largest absolute Gasteiger partial charge is 0.429 e. The van der Waals surface area contributed by atoms with Crippen LogP contribution in [-0.2, 0) is 6.11 Å². The number of benzene rings is 4. The molecule has 0 radical (unpaired) electrons. The van der Waals surface area contributed by atoms with Gasteiger partial charge >= 0.3 is 6.11 Å². The highest BCUT2D eigenvalue weighted by Crippen LogP contribution is 2.37. The molecule has 0 spiro atoms. The average Bonchev–Trinajstić information content (AvgIpc) is 2.86. The topological polar surface area (TPSA) is 9.23 Å². The normalized spacial score (nSPS) is 12.4. The zero-order valence-electron chi connectivity index (χ0n) is 19.2. The predicted octanol–water partition coefficient (Wildman–Crippen LogP) is 9.47. The third-order valence-electron chi connectivity index (χ3n) is 5.54. The van der Waals surface area contributed by atoms with Gasteiger partial charge in [0, 0.05) is 17.2 Å². The molecule has 0 aromatic heterocycles. The van der Waals surface area contributed by atoms with E-state index in [0.29, 0.717) is 23.8 Å². The Hall–Kier alpha value is -4.21. The zero-order valence-corrected chi connectivity index (χ0v) is 19.2. The van der Waals surface area contributed by atoms with Crippen molar-refractivity contribution in [2.24, 2.45) is 0 Å². The van der Waals surface area contributed by atoms with Crippen LogP contribution >= 0.6 is 0 Å². The molecule has 0 aliphatic carbocycles. The van der Waals surface area contributed by atoms with Gasteiger partial charge in [0.25, 0.3) is 0 Å². The molecule has 0 bridgehead atoms. The fraction of sp³-hybridized carbons (Fsp3) is 0.0714. The van der Waals surface area contributed by atoms with E-state index in [1.54, 1.807) is 0 Å². The molecule has 0 amide bonds. The van der Waals surface area contributed by atoms with Gasteiger partial charge in [0.15, 0.2) is 23.3 Å². The molecular weight excluding hydrogens is 523 g/mol. The first-order valence-corrected chi connectivity index (χ1v) is 10.8. The van der Waals surface area contributed by atoms with Crippen molar-refractivity contribution in [2.75, 3.05) is 0 Å². The Labute approximate surface area is 210 Å². The third-order valence-corrected chi connectivity index (χ3v) is 5.54. The zero-order chi connectivity index (χ0) is 27.8.